The molecule has 4 heterocycles. The van der Waals surface area contributed by atoms with E-state index < -0.39 is 31.9 Å². The molecular formula is C34H59BrN8O8S2. The number of fused-ring (bicyclic) bond motifs is 2. The van der Waals surface area contributed by atoms with Crippen molar-refractivity contribution in [3.63, 3.8) is 0 Å². The molecule has 0 unspecified atom stereocenters. The fourth-order valence-electron chi connectivity index (χ4n) is 4.95. The number of carbonyl (C=O) groups is 2. The van der Waals surface area contributed by atoms with Crippen LogP contribution in [0.2, 0.25) is 0 Å². The first-order valence-corrected chi connectivity index (χ1v) is 21.0. The highest BCUT2D eigenvalue weighted by Crippen LogP contribution is 2.31. The lowest BCUT2D eigenvalue weighted by Gasteiger charge is -2.26. The molecule has 19 heteroatoms. The predicted molar refractivity (Wildman–Crippen MR) is 217 cm³/mol. The van der Waals surface area contributed by atoms with Gasteiger partial charge in [0.1, 0.15) is 21.2 Å². The van der Waals surface area contributed by atoms with Crippen molar-refractivity contribution in [2.24, 2.45) is 22.9 Å². The average molecular weight is 852 g/mol. The second kappa shape index (κ2) is 26.4. The summed E-state index contributed by atoms with van der Waals surface area (Å²) in [6, 6.07) is 13.7. The monoisotopic (exact) mass is 850 g/mol. The summed E-state index contributed by atoms with van der Waals surface area (Å²) in [4.78, 5) is 28.7. The molecule has 0 atom stereocenters. The van der Waals surface area contributed by atoms with Crippen LogP contribution in [0.3, 0.4) is 0 Å². The molecule has 10 N–H and O–H groups in total. The summed E-state index contributed by atoms with van der Waals surface area (Å²) in [5.41, 5.74) is 20.6. The van der Waals surface area contributed by atoms with Gasteiger partial charge in [-0.25, -0.2) is 16.8 Å². The quantitative estimate of drug-likeness (QED) is 0.154. The molecule has 6 rings (SSSR count). The summed E-state index contributed by atoms with van der Waals surface area (Å²) >= 11 is 2.94. The van der Waals surface area contributed by atoms with Crippen molar-refractivity contribution in [1.82, 2.24) is 18.6 Å². The largest absolute Gasteiger partial charge is 0.379 e. The standard InChI is InChI=1S/2C13H15N3O4S.2C2H6.CH3Br.2CH5N.CH4/c2*14-13(17)11-12(9-3-1-2-4-10(9)15-11)21(18,19)16-5-7-20-8-6-16;5*1-2;/h2*1-4,15H,5-8H2,(H2,14,17);2*1-2H3;1H3;2*2H2,1H3;1H4. The summed E-state index contributed by atoms with van der Waals surface area (Å²) < 4.78 is 64.3. The highest BCUT2D eigenvalue weighted by molar-refractivity contribution is 9.08. The van der Waals surface area contributed by atoms with Crippen LogP contribution in [0.1, 0.15) is 56.1 Å². The minimum atomic E-state index is -3.80. The van der Waals surface area contributed by atoms with Gasteiger partial charge in [0.05, 0.1) is 26.4 Å². The SMILES string of the molecule is C.CBr.CC.CC.CN.CN.NC(=O)c1[nH]c2ccccc2c1S(=O)(=O)N1CCOCC1.NC(=O)c1[nH]c2ccccc2c1S(=O)(=O)N1CCOCC1. The van der Waals surface area contributed by atoms with Crippen LogP contribution in [-0.4, -0.2) is 120 Å². The number of primary amides is 2. The van der Waals surface area contributed by atoms with Crippen molar-refractivity contribution >= 4 is 69.6 Å². The Kier molecular flexibility index (Phi) is 25.7. The fraction of sp³-hybridized carbons (Fsp3) is 0.471. The first-order valence-electron chi connectivity index (χ1n) is 16.5. The minimum Gasteiger partial charge on any atom is -0.379 e. The topological polar surface area (TPSA) is 263 Å². The number of para-hydroxylation sites is 2. The van der Waals surface area contributed by atoms with Gasteiger partial charge < -0.3 is 42.4 Å². The molecule has 2 aliphatic heterocycles. The molecule has 0 aliphatic carbocycles. The lowest BCUT2D eigenvalue weighted by Crippen LogP contribution is -2.41. The van der Waals surface area contributed by atoms with Crippen molar-refractivity contribution in [3.8, 4) is 0 Å². The number of rotatable bonds is 6. The third-order valence-corrected chi connectivity index (χ3v) is 10.9. The van der Waals surface area contributed by atoms with Crippen LogP contribution in [0.25, 0.3) is 21.8 Å². The number of H-pyrrole nitrogens is 2. The molecular weight excluding hydrogens is 792 g/mol. The maximum absolute atomic E-state index is 12.8. The Labute approximate surface area is 323 Å². The number of hydrogen-bond acceptors (Lipinski definition) is 10. The van der Waals surface area contributed by atoms with Gasteiger partial charge in [0.25, 0.3) is 11.8 Å². The van der Waals surface area contributed by atoms with Crippen LogP contribution in [-0.2, 0) is 29.5 Å². The number of nitrogens with one attached hydrogen (secondary N) is 2. The van der Waals surface area contributed by atoms with Crippen molar-refractivity contribution in [2.75, 3.05) is 72.5 Å². The molecule has 0 spiro atoms. The van der Waals surface area contributed by atoms with Crippen LogP contribution < -0.4 is 22.9 Å². The minimum absolute atomic E-state index is 0. The van der Waals surface area contributed by atoms with Crippen LogP contribution in [0.15, 0.2) is 58.3 Å². The van der Waals surface area contributed by atoms with E-state index in [2.05, 4.69) is 37.4 Å². The maximum Gasteiger partial charge on any atom is 0.266 e. The van der Waals surface area contributed by atoms with E-state index in [1.807, 2.05) is 33.5 Å². The number of amides is 2. The number of ether oxygens (including phenoxy) is 2. The molecule has 302 valence electrons. The average Bonchev–Trinajstić information content (AvgIpc) is 3.81. The zero-order valence-electron chi connectivity index (χ0n) is 30.9. The number of morpholine rings is 2. The van der Waals surface area contributed by atoms with Gasteiger partial charge in [0.2, 0.25) is 20.0 Å². The van der Waals surface area contributed by atoms with Crippen LogP contribution in [0, 0.1) is 0 Å². The first kappa shape index (κ1) is 51.7. The summed E-state index contributed by atoms with van der Waals surface area (Å²) in [6.07, 6.45) is 0. The number of hydrogen-bond donors (Lipinski definition) is 6. The van der Waals surface area contributed by atoms with Gasteiger partial charge in [0.15, 0.2) is 0 Å². The zero-order chi connectivity index (χ0) is 40.1. The Bertz CT molecular complexity index is 1740. The van der Waals surface area contributed by atoms with Gasteiger partial charge in [-0.15, -0.1) is 0 Å². The van der Waals surface area contributed by atoms with Gasteiger partial charge in [-0.1, -0.05) is 87.4 Å². The molecule has 0 radical (unpaired) electrons. The number of alkyl halides is 1. The number of carbonyl (C=O) groups excluding carboxylic acids is 2. The van der Waals surface area contributed by atoms with Crippen molar-refractivity contribution in [1.29, 1.82) is 0 Å². The fourth-order valence-corrected chi connectivity index (χ4v) is 8.45. The van der Waals surface area contributed by atoms with E-state index in [4.69, 9.17) is 20.9 Å². The zero-order valence-corrected chi connectivity index (χ0v) is 34.2. The van der Waals surface area contributed by atoms with Gasteiger partial charge >= 0.3 is 0 Å². The van der Waals surface area contributed by atoms with Crippen LogP contribution >= 0.6 is 15.9 Å². The molecule has 53 heavy (non-hydrogen) atoms. The van der Waals surface area contributed by atoms with Gasteiger partial charge in [-0.3, -0.25) is 9.59 Å². The van der Waals surface area contributed by atoms with Crippen molar-refractivity contribution in [3.05, 3.63) is 59.9 Å². The Morgan fingerprint density at radius 2 is 0.868 bits per heavy atom. The molecule has 2 amide bonds. The number of nitrogens with zero attached hydrogens (tertiary/aromatic N) is 2. The summed E-state index contributed by atoms with van der Waals surface area (Å²) in [5.74, 6) is 0.226. The highest BCUT2D eigenvalue weighted by atomic mass is 79.9. The normalized spacial score (nSPS) is 14.2. The summed E-state index contributed by atoms with van der Waals surface area (Å²) in [6.45, 7) is 10.4. The van der Waals surface area contributed by atoms with Crippen LogP contribution in [0.5, 0.6) is 0 Å². The second-order valence-electron chi connectivity index (χ2n) is 9.51. The van der Waals surface area contributed by atoms with E-state index in [-0.39, 0.29) is 54.8 Å². The van der Waals surface area contributed by atoms with Crippen molar-refractivity contribution in [2.45, 2.75) is 44.9 Å². The second-order valence-corrected chi connectivity index (χ2v) is 13.3. The number of halogens is 1. The number of aromatic nitrogens is 2. The molecule has 2 aromatic heterocycles. The third kappa shape index (κ3) is 12.9. The highest BCUT2D eigenvalue weighted by Gasteiger charge is 2.34. The molecule has 2 saturated heterocycles. The molecule has 2 aromatic carbocycles. The van der Waals surface area contributed by atoms with Crippen LogP contribution in [0.4, 0.5) is 0 Å². The molecule has 2 fully saturated rings. The predicted octanol–water partition coefficient (Wildman–Crippen LogP) is 3.42. The van der Waals surface area contributed by atoms with E-state index in [9.17, 15) is 26.4 Å². The molecule has 4 aromatic rings. The molecule has 2 aliphatic rings. The van der Waals surface area contributed by atoms with Gasteiger partial charge in [-0.2, -0.15) is 8.61 Å². The Morgan fingerprint density at radius 3 is 1.13 bits per heavy atom. The van der Waals surface area contributed by atoms with E-state index in [0.717, 1.165) is 0 Å². The summed E-state index contributed by atoms with van der Waals surface area (Å²) in [5, 5.41) is 0.940. The lowest BCUT2D eigenvalue weighted by atomic mass is 10.2. The first-order chi connectivity index (χ1) is 25.0. The number of aromatic amines is 2. The number of benzene rings is 2. The van der Waals surface area contributed by atoms with E-state index >= 15 is 0 Å². The third-order valence-electron chi connectivity index (χ3n) is 6.95. The molecule has 0 saturated carbocycles. The summed E-state index contributed by atoms with van der Waals surface area (Å²) in [7, 11) is -4.60. The number of sulfonamides is 2. The Balaban J connectivity index is 0. The maximum atomic E-state index is 12.8. The van der Waals surface area contributed by atoms with E-state index in [0.29, 0.717) is 48.2 Å². The van der Waals surface area contributed by atoms with Gasteiger partial charge in [-0.05, 0) is 32.1 Å². The van der Waals surface area contributed by atoms with E-state index in [1.54, 1.807) is 48.5 Å². The smallest absolute Gasteiger partial charge is 0.266 e. The van der Waals surface area contributed by atoms with E-state index in [1.165, 1.54) is 22.7 Å². The number of nitrogens with two attached hydrogens (primary N) is 4. The Hall–Kier alpha value is -3.40. The van der Waals surface area contributed by atoms with Gasteiger partial charge in [0, 0.05) is 48.0 Å². The molecule has 16 nitrogen and oxygen atoms in total. The Morgan fingerprint density at radius 1 is 0.604 bits per heavy atom. The van der Waals surface area contributed by atoms with Crippen molar-refractivity contribution < 1.29 is 35.9 Å². The molecule has 0 bridgehead atoms. The lowest BCUT2D eigenvalue weighted by molar-refractivity contribution is 0.0730.